The van der Waals surface area contributed by atoms with Crippen LogP contribution < -0.4 is 91.0 Å². The third-order valence-corrected chi connectivity index (χ3v) is 8.02. The molecule has 0 spiro atoms. The van der Waals surface area contributed by atoms with Gasteiger partial charge in [-0.2, -0.15) is 17.6 Å². The third-order valence-electron chi connectivity index (χ3n) is 7.41. The molecule has 1 amide bonds. The van der Waals surface area contributed by atoms with Crippen molar-refractivity contribution in [2.45, 2.75) is 32.6 Å². The summed E-state index contributed by atoms with van der Waals surface area (Å²) in [6.45, 7) is -2.91. The van der Waals surface area contributed by atoms with Crippen LogP contribution in [-0.4, -0.2) is 68.1 Å². The fourth-order valence-corrected chi connectivity index (χ4v) is 5.11. The van der Waals surface area contributed by atoms with Gasteiger partial charge in [-0.05, 0) is 108 Å². The second-order valence-corrected chi connectivity index (χ2v) is 12.2. The molecule has 1 atom stereocenters. The number of ketones is 2. The van der Waals surface area contributed by atoms with E-state index < -0.39 is 47.9 Å². The van der Waals surface area contributed by atoms with E-state index in [2.05, 4.69) is 64.5 Å². The summed E-state index contributed by atoms with van der Waals surface area (Å²) in [5.74, 6) is 4.21. The number of hydrogen-bond acceptors (Lipinski definition) is 11. The van der Waals surface area contributed by atoms with Crippen LogP contribution in [0.25, 0.3) is 0 Å². The normalized spacial score (nSPS) is 12.8. The maximum absolute atomic E-state index is 14.0. The zero-order valence-electron chi connectivity index (χ0n) is 35.9. The van der Waals surface area contributed by atoms with Gasteiger partial charge >= 0.3 is 72.3 Å². The van der Waals surface area contributed by atoms with E-state index in [9.17, 15) is 40.7 Å². The fraction of sp³-hybridized carbons (Fsp3) is 0.171. The average Bonchev–Trinajstić information content (AvgIpc) is 3.47. The van der Waals surface area contributed by atoms with Crippen LogP contribution in [0, 0.1) is 35.8 Å². The van der Waals surface area contributed by atoms with Crippen LogP contribution in [-0.2, 0) is 20.0 Å². The van der Waals surface area contributed by atoms with E-state index in [-0.39, 0.29) is 112 Å². The molecule has 0 bridgehead atoms. The average molecular weight is 982 g/mol. The van der Waals surface area contributed by atoms with Crippen LogP contribution in [0.4, 0.5) is 26.3 Å². The van der Waals surface area contributed by atoms with E-state index in [0.717, 1.165) is 18.2 Å². The molecule has 0 radical (unpaired) electrons. The predicted octanol–water partition coefficient (Wildman–Crippen LogP) is -0.832. The van der Waals surface area contributed by atoms with E-state index in [1.54, 1.807) is 13.8 Å². The van der Waals surface area contributed by atoms with Gasteiger partial charge in [0.1, 0.15) is 23.1 Å². The van der Waals surface area contributed by atoms with Gasteiger partial charge in [0, 0.05) is 25.2 Å². The molecule has 6 N–H and O–H groups in total. The molecule has 4 aromatic carbocycles. The number of rotatable bonds is 10. The van der Waals surface area contributed by atoms with Crippen molar-refractivity contribution in [1.29, 1.82) is 0 Å². The van der Waals surface area contributed by atoms with Gasteiger partial charge in [0.2, 0.25) is 11.6 Å². The molecule has 14 nitrogen and oxygen atoms in total. The second-order valence-electron chi connectivity index (χ2n) is 11.3. The number of hydrogen-bond donors (Lipinski definition) is 3. The van der Waals surface area contributed by atoms with E-state index in [0.29, 0.717) is 11.1 Å². The van der Waals surface area contributed by atoms with Gasteiger partial charge in [0.05, 0.1) is 10.0 Å². The number of carbonyl (C=O) groups excluding carboxylic acids is 4. The van der Waals surface area contributed by atoms with Crippen molar-refractivity contribution in [2.24, 2.45) is 27.2 Å². The SMILES string of the molecule is C#CC.CC#Cc1cc(C2(c3ccc(OC(F)F)cc3)N=C(N)N(C)C2=O)ccc1F.CN=C(N)N.O=C(C(=O)c1ccc(F)c(Br)c1)c1ccc(OC(F)F)cc1.O=CO[O-].[H-].[Na+].[Na+]. The number of nitrogens with zero attached hydrogens (tertiary/aromatic N) is 3. The first-order valence-corrected chi connectivity index (χ1v) is 17.6. The number of carbonyl (C=O) groups is 4. The van der Waals surface area contributed by atoms with Crippen molar-refractivity contribution >= 4 is 51.8 Å². The summed E-state index contributed by atoms with van der Waals surface area (Å²) >= 11 is 2.93. The molecule has 0 aliphatic carbocycles. The molecule has 1 aliphatic heterocycles. The number of guanidine groups is 2. The Labute approximate surface area is 417 Å². The number of nitrogens with two attached hydrogens (primary N) is 3. The number of alkyl halides is 4. The largest absolute Gasteiger partial charge is 1.00 e. The summed E-state index contributed by atoms with van der Waals surface area (Å²) in [4.78, 5) is 57.3. The Kier molecular flexibility index (Phi) is 29.1. The van der Waals surface area contributed by atoms with Crippen molar-refractivity contribution in [3.05, 3.63) is 129 Å². The van der Waals surface area contributed by atoms with Crippen LogP contribution in [0.15, 0.2) is 99.4 Å². The number of ether oxygens (including phenoxy) is 2. The minimum atomic E-state index is -2.97. The molecular formula is C41H37BrF6N6Na2O8. The molecule has 330 valence electrons. The zero-order chi connectivity index (χ0) is 47.2. The minimum Gasteiger partial charge on any atom is -1.00 e. The summed E-state index contributed by atoms with van der Waals surface area (Å²) in [5, 5.41) is 8.43. The van der Waals surface area contributed by atoms with Gasteiger partial charge in [-0.3, -0.25) is 29.1 Å². The maximum Gasteiger partial charge on any atom is 1.00 e. The maximum atomic E-state index is 14.0. The van der Waals surface area contributed by atoms with E-state index >= 15 is 0 Å². The number of Topliss-reactive ketones (excluding diaryl/α,β-unsaturated/α-hetero) is 2. The molecular weight excluding hydrogens is 944 g/mol. The Morgan fingerprint density at radius 1 is 0.875 bits per heavy atom. The molecule has 0 aromatic heterocycles. The van der Waals surface area contributed by atoms with Crippen LogP contribution in [0.3, 0.4) is 0 Å². The summed E-state index contributed by atoms with van der Waals surface area (Å²) in [6.07, 6.45) is 4.60. The van der Waals surface area contributed by atoms with Gasteiger partial charge in [0.25, 0.3) is 12.4 Å². The molecule has 1 heterocycles. The van der Waals surface area contributed by atoms with E-state index in [4.69, 9.17) is 27.3 Å². The zero-order valence-corrected chi connectivity index (χ0v) is 40.5. The Morgan fingerprint density at radius 2 is 1.30 bits per heavy atom. The Bertz CT molecular complexity index is 2350. The summed E-state index contributed by atoms with van der Waals surface area (Å²) in [6, 6.07) is 17.7. The molecule has 0 saturated heterocycles. The van der Waals surface area contributed by atoms with Crippen LogP contribution >= 0.6 is 15.9 Å². The van der Waals surface area contributed by atoms with Crippen LogP contribution in [0.1, 0.15) is 52.7 Å². The van der Waals surface area contributed by atoms with Crippen molar-refractivity contribution in [2.75, 3.05) is 14.1 Å². The fourth-order valence-electron chi connectivity index (χ4n) is 4.73. The number of halogens is 7. The van der Waals surface area contributed by atoms with Gasteiger partial charge < -0.3 is 38.2 Å². The van der Waals surface area contributed by atoms with Gasteiger partial charge in [0.15, 0.2) is 17.5 Å². The Balaban J connectivity index is -0.000000926. The van der Waals surface area contributed by atoms with Gasteiger partial charge in [-0.25, -0.2) is 13.8 Å². The predicted molar refractivity (Wildman–Crippen MR) is 218 cm³/mol. The summed E-state index contributed by atoms with van der Waals surface area (Å²) < 4.78 is 84.6. The molecule has 5 rings (SSSR count). The molecule has 1 aliphatic rings. The molecule has 1 unspecified atom stereocenters. The van der Waals surface area contributed by atoms with E-state index in [1.165, 1.54) is 85.7 Å². The number of benzene rings is 4. The minimum absolute atomic E-state index is 0. The van der Waals surface area contributed by atoms with Crippen molar-refractivity contribution in [3.63, 3.8) is 0 Å². The monoisotopic (exact) mass is 980 g/mol. The van der Waals surface area contributed by atoms with Crippen LogP contribution in [0.5, 0.6) is 11.5 Å². The molecule has 23 heteroatoms. The number of aliphatic imine (C=N–C) groups is 2. The Morgan fingerprint density at radius 3 is 1.69 bits per heavy atom. The molecule has 0 saturated carbocycles. The molecule has 4 aromatic rings. The van der Waals surface area contributed by atoms with Gasteiger partial charge in [-0.1, -0.05) is 24.1 Å². The number of likely N-dealkylation sites (N-methyl/N-ethyl adjacent to an activating group) is 1. The summed E-state index contributed by atoms with van der Waals surface area (Å²) in [5.41, 5.74) is 14.8. The van der Waals surface area contributed by atoms with Crippen molar-refractivity contribution in [1.82, 2.24) is 4.90 Å². The van der Waals surface area contributed by atoms with Crippen molar-refractivity contribution < 1.29 is 126 Å². The van der Waals surface area contributed by atoms with E-state index in [1.807, 2.05) is 0 Å². The third kappa shape index (κ3) is 18.4. The first-order valence-electron chi connectivity index (χ1n) is 16.9. The molecule has 64 heavy (non-hydrogen) atoms. The van der Waals surface area contributed by atoms with Crippen LogP contribution in [0.2, 0.25) is 0 Å². The smallest absolute Gasteiger partial charge is 1.00 e. The van der Waals surface area contributed by atoms with Crippen molar-refractivity contribution in [3.8, 4) is 35.7 Å². The number of terminal acetylenes is 1. The first kappa shape index (κ1) is 60.7. The topological polar surface area (TPSA) is 225 Å². The Hall–Kier alpha value is -5.36. The second kappa shape index (κ2) is 30.7. The van der Waals surface area contributed by atoms with Gasteiger partial charge in [-0.15, -0.1) is 18.3 Å². The summed E-state index contributed by atoms with van der Waals surface area (Å²) in [7, 11) is 3.00. The quantitative estimate of drug-likeness (QED) is 0.0170. The molecule has 0 fully saturated rings. The number of amides is 1. The first-order chi connectivity index (χ1) is 29.3. The standard InChI is InChI=1S/C20H16F3N3O2.C15H8BrF3O3.C3H4.C2H7N3.CH2O3.2Na.H/c1-3-4-12-11-14(7-10-16(12)21)20(17(27)26(2)19(24)25-20)13-5-8-15(9-6-13)28-18(22)23;16-11-7-9(3-6-12(11)17)14(21)13(20)8-1-4-10(5-2-8)22-15(18)19;1-3-2;1-5-2(3)4;2-1-4-3;;;/h5-11,18H,1-2H3,(H2,24,25);1-7,15H;1H,2H3;1H3,(H4,3,4,5);1,3H;;;/q;;;;;2*+1;-1/p-1.